The fraction of sp³-hybridized carbons (Fsp3) is 0.381. The molecule has 0 saturated heterocycles. The zero-order chi connectivity index (χ0) is 20.1. The molecule has 0 heterocycles. The molecule has 1 amide bonds. The quantitative estimate of drug-likeness (QED) is 0.599. The van der Waals surface area contributed by atoms with Gasteiger partial charge >= 0.3 is 0 Å². The summed E-state index contributed by atoms with van der Waals surface area (Å²) in [5.41, 5.74) is 1.49. The van der Waals surface area contributed by atoms with E-state index in [1.807, 2.05) is 18.2 Å². The summed E-state index contributed by atoms with van der Waals surface area (Å²) in [7, 11) is 3.21. The van der Waals surface area contributed by atoms with E-state index in [4.69, 9.17) is 9.47 Å². The third kappa shape index (κ3) is 4.24. The van der Waals surface area contributed by atoms with Crippen molar-refractivity contribution in [2.24, 2.45) is 0 Å². The number of hydrogen-bond donors (Lipinski definition) is 1. The summed E-state index contributed by atoms with van der Waals surface area (Å²) in [6, 6.07) is 11.5. The predicted molar refractivity (Wildman–Crippen MR) is 105 cm³/mol. The lowest BCUT2D eigenvalue weighted by Crippen LogP contribution is -2.41. The Kier molecular flexibility index (Phi) is 6.13. The molecular weight excluding hydrogens is 360 g/mol. The molecule has 0 spiro atoms. The Bertz CT molecular complexity index is 850. The largest absolute Gasteiger partial charge is 0.493 e. The predicted octanol–water partition coefficient (Wildman–Crippen LogP) is 4.07. The molecule has 2 aromatic carbocycles. The van der Waals surface area contributed by atoms with Crippen molar-refractivity contribution in [1.82, 2.24) is 5.32 Å². The van der Waals surface area contributed by atoms with Gasteiger partial charge in [-0.1, -0.05) is 18.9 Å². The molecule has 1 aliphatic carbocycles. The second kappa shape index (κ2) is 8.73. The van der Waals surface area contributed by atoms with Crippen LogP contribution in [-0.2, 0) is 0 Å². The maximum Gasteiger partial charge on any atom is 0.269 e. The maximum atomic E-state index is 12.7. The van der Waals surface area contributed by atoms with Gasteiger partial charge < -0.3 is 14.8 Å². The van der Waals surface area contributed by atoms with Gasteiger partial charge in [0.05, 0.1) is 19.1 Å². The standard InChI is InChI=1S/C21H24N2O5/c1-27-19-12-9-15(13-20(19)28-2)17-5-3-4-6-18(17)22-21(24)14-7-10-16(11-8-14)23(25)26/h7-13,17-18H,3-6H2,1-2H3,(H,22,24). The number of nitrogens with one attached hydrogen (secondary N) is 1. The topological polar surface area (TPSA) is 90.7 Å². The Balaban J connectivity index is 1.78. The van der Waals surface area contributed by atoms with E-state index in [-0.39, 0.29) is 23.6 Å². The summed E-state index contributed by atoms with van der Waals surface area (Å²) in [6.45, 7) is 0. The normalized spacial score (nSPS) is 18.9. The van der Waals surface area contributed by atoms with Gasteiger partial charge in [0.15, 0.2) is 11.5 Å². The number of rotatable bonds is 6. The number of hydrogen-bond acceptors (Lipinski definition) is 5. The van der Waals surface area contributed by atoms with Crippen LogP contribution in [-0.4, -0.2) is 31.1 Å². The van der Waals surface area contributed by atoms with E-state index in [0.717, 1.165) is 31.2 Å². The first-order valence-electron chi connectivity index (χ1n) is 9.30. The zero-order valence-corrected chi connectivity index (χ0v) is 16.0. The van der Waals surface area contributed by atoms with Crippen LogP contribution in [0, 0.1) is 10.1 Å². The number of non-ortho nitro benzene ring substituents is 1. The van der Waals surface area contributed by atoms with Crippen LogP contribution in [0.3, 0.4) is 0 Å². The van der Waals surface area contributed by atoms with Gasteiger partial charge in [0.25, 0.3) is 11.6 Å². The van der Waals surface area contributed by atoms with Gasteiger partial charge in [0.2, 0.25) is 0 Å². The highest BCUT2D eigenvalue weighted by Gasteiger charge is 2.29. The van der Waals surface area contributed by atoms with Crippen molar-refractivity contribution in [1.29, 1.82) is 0 Å². The van der Waals surface area contributed by atoms with E-state index in [1.165, 1.54) is 24.3 Å². The van der Waals surface area contributed by atoms with E-state index in [1.54, 1.807) is 14.2 Å². The molecule has 2 unspecified atom stereocenters. The lowest BCUT2D eigenvalue weighted by atomic mass is 9.79. The van der Waals surface area contributed by atoms with Crippen LogP contribution >= 0.6 is 0 Å². The van der Waals surface area contributed by atoms with Crippen LogP contribution in [0.5, 0.6) is 11.5 Å². The molecule has 0 aliphatic heterocycles. The molecule has 0 radical (unpaired) electrons. The van der Waals surface area contributed by atoms with Crippen molar-refractivity contribution in [3.8, 4) is 11.5 Å². The molecule has 2 aromatic rings. The summed E-state index contributed by atoms with van der Waals surface area (Å²) in [5.74, 6) is 1.31. The number of benzene rings is 2. The molecule has 1 aliphatic rings. The first-order valence-corrected chi connectivity index (χ1v) is 9.30. The Labute approximate surface area is 163 Å². The molecule has 0 bridgehead atoms. The molecule has 7 heteroatoms. The number of nitro groups is 1. The van der Waals surface area contributed by atoms with Gasteiger partial charge in [0.1, 0.15) is 0 Å². The number of carbonyl (C=O) groups excluding carboxylic acids is 1. The lowest BCUT2D eigenvalue weighted by molar-refractivity contribution is -0.384. The summed E-state index contributed by atoms with van der Waals surface area (Å²) < 4.78 is 10.7. The third-order valence-corrected chi connectivity index (χ3v) is 5.26. The van der Waals surface area contributed by atoms with Crippen LogP contribution in [0.15, 0.2) is 42.5 Å². The Hall–Kier alpha value is -3.09. The van der Waals surface area contributed by atoms with Gasteiger partial charge in [-0.3, -0.25) is 14.9 Å². The van der Waals surface area contributed by atoms with E-state index in [9.17, 15) is 14.9 Å². The van der Waals surface area contributed by atoms with Crippen LogP contribution in [0.1, 0.15) is 47.5 Å². The van der Waals surface area contributed by atoms with Crippen molar-refractivity contribution < 1.29 is 19.2 Å². The van der Waals surface area contributed by atoms with Crippen molar-refractivity contribution >= 4 is 11.6 Å². The fourth-order valence-corrected chi connectivity index (χ4v) is 3.77. The highest BCUT2D eigenvalue weighted by molar-refractivity contribution is 5.94. The van der Waals surface area contributed by atoms with Crippen molar-refractivity contribution in [3.63, 3.8) is 0 Å². The van der Waals surface area contributed by atoms with Gasteiger partial charge in [-0.15, -0.1) is 0 Å². The van der Waals surface area contributed by atoms with E-state index in [0.29, 0.717) is 17.1 Å². The number of amides is 1. The average molecular weight is 384 g/mol. The molecule has 7 nitrogen and oxygen atoms in total. The van der Waals surface area contributed by atoms with Crippen LogP contribution in [0.25, 0.3) is 0 Å². The monoisotopic (exact) mass is 384 g/mol. The summed E-state index contributed by atoms with van der Waals surface area (Å²) >= 11 is 0. The second-order valence-electron chi connectivity index (χ2n) is 6.89. The Morgan fingerprint density at radius 3 is 2.36 bits per heavy atom. The number of nitrogens with zero attached hydrogens (tertiary/aromatic N) is 1. The molecule has 1 N–H and O–H groups in total. The minimum atomic E-state index is -0.476. The summed E-state index contributed by atoms with van der Waals surface area (Å²) in [5, 5.41) is 13.9. The second-order valence-corrected chi connectivity index (χ2v) is 6.89. The lowest BCUT2D eigenvalue weighted by Gasteiger charge is -2.33. The van der Waals surface area contributed by atoms with E-state index < -0.39 is 4.92 Å². The first-order chi connectivity index (χ1) is 13.5. The SMILES string of the molecule is COc1ccc(C2CCCCC2NC(=O)c2ccc([N+](=O)[O-])cc2)cc1OC. The van der Waals surface area contributed by atoms with Gasteiger partial charge in [-0.2, -0.15) is 0 Å². The van der Waals surface area contributed by atoms with Crippen LogP contribution in [0.4, 0.5) is 5.69 Å². The molecule has 0 aromatic heterocycles. The Morgan fingerprint density at radius 2 is 1.71 bits per heavy atom. The minimum absolute atomic E-state index is 0.00505. The highest BCUT2D eigenvalue weighted by atomic mass is 16.6. The first kappa shape index (κ1) is 19.7. The van der Waals surface area contributed by atoms with Gasteiger partial charge in [-0.25, -0.2) is 0 Å². The number of nitro benzene ring substituents is 1. The van der Waals surface area contributed by atoms with Gasteiger partial charge in [-0.05, 0) is 42.7 Å². The van der Waals surface area contributed by atoms with E-state index in [2.05, 4.69) is 5.32 Å². The minimum Gasteiger partial charge on any atom is -0.493 e. The molecular formula is C21H24N2O5. The summed E-state index contributed by atoms with van der Waals surface area (Å²) in [6.07, 6.45) is 4.01. The number of methoxy groups -OCH3 is 2. The fourth-order valence-electron chi connectivity index (χ4n) is 3.77. The number of ether oxygens (including phenoxy) is 2. The zero-order valence-electron chi connectivity index (χ0n) is 16.0. The van der Waals surface area contributed by atoms with Crippen LogP contribution < -0.4 is 14.8 Å². The summed E-state index contributed by atoms with van der Waals surface area (Å²) in [4.78, 5) is 23.0. The van der Waals surface area contributed by atoms with Crippen molar-refractivity contribution in [2.45, 2.75) is 37.6 Å². The van der Waals surface area contributed by atoms with Crippen LogP contribution in [0.2, 0.25) is 0 Å². The van der Waals surface area contributed by atoms with Gasteiger partial charge in [0, 0.05) is 29.7 Å². The Morgan fingerprint density at radius 1 is 1.04 bits per heavy atom. The molecule has 1 fully saturated rings. The maximum absolute atomic E-state index is 12.7. The third-order valence-electron chi connectivity index (χ3n) is 5.26. The molecule has 1 saturated carbocycles. The average Bonchev–Trinajstić information content (AvgIpc) is 2.73. The van der Waals surface area contributed by atoms with E-state index >= 15 is 0 Å². The smallest absolute Gasteiger partial charge is 0.269 e. The molecule has 28 heavy (non-hydrogen) atoms. The molecule has 2 atom stereocenters. The number of carbonyl (C=O) groups is 1. The highest BCUT2D eigenvalue weighted by Crippen LogP contribution is 2.37. The molecule has 3 rings (SSSR count). The van der Waals surface area contributed by atoms with Crippen molar-refractivity contribution in [3.05, 3.63) is 63.7 Å². The molecule has 148 valence electrons. The van der Waals surface area contributed by atoms with Crippen molar-refractivity contribution in [2.75, 3.05) is 14.2 Å².